The van der Waals surface area contributed by atoms with Crippen molar-refractivity contribution in [2.45, 2.75) is 57.2 Å². The molecule has 0 radical (unpaired) electrons. The molecule has 0 aromatic heterocycles. The lowest BCUT2D eigenvalue weighted by Gasteiger charge is -2.35. The van der Waals surface area contributed by atoms with Crippen LogP contribution < -0.4 is 0 Å². The van der Waals surface area contributed by atoms with E-state index in [-0.39, 0.29) is 0 Å². The van der Waals surface area contributed by atoms with Crippen LogP contribution in [0.3, 0.4) is 0 Å². The summed E-state index contributed by atoms with van der Waals surface area (Å²) in [6.45, 7) is 7.51. The van der Waals surface area contributed by atoms with E-state index in [0.29, 0.717) is 11.1 Å². The van der Waals surface area contributed by atoms with Gasteiger partial charge in [0.05, 0.1) is 31.3 Å². The third-order valence-electron chi connectivity index (χ3n) is 6.14. The predicted molar refractivity (Wildman–Crippen MR) is 94.7 cm³/mol. The van der Waals surface area contributed by atoms with Crippen molar-refractivity contribution in [2.24, 2.45) is 5.41 Å². The number of hydrogen-bond donors (Lipinski definition) is 1. The van der Waals surface area contributed by atoms with Crippen LogP contribution in [0.25, 0.3) is 0 Å². The molecule has 1 aromatic rings. The molecule has 0 spiro atoms. The van der Waals surface area contributed by atoms with Crippen LogP contribution >= 0.6 is 0 Å². The van der Waals surface area contributed by atoms with Gasteiger partial charge in [-0.1, -0.05) is 24.3 Å². The van der Waals surface area contributed by atoms with E-state index in [1.54, 1.807) is 24.3 Å². The van der Waals surface area contributed by atoms with Crippen molar-refractivity contribution in [2.75, 3.05) is 14.2 Å². The maximum atomic E-state index is 12.9. The quantitative estimate of drug-likeness (QED) is 0.636. The number of aliphatic hydroxyl groups excluding tert-OH is 1. The third-order valence-corrected chi connectivity index (χ3v) is 6.14. The lowest BCUT2D eigenvalue weighted by Crippen LogP contribution is -2.50. The fraction of sp³-hybridized carbons (Fsp3) is 0.600. The second-order valence-electron chi connectivity index (χ2n) is 7.99. The van der Waals surface area contributed by atoms with Crippen LogP contribution in [0.4, 0.5) is 0 Å². The number of carbonyl (C=O) groups excluding carboxylic acids is 2. The van der Waals surface area contributed by atoms with E-state index in [2.05, 4.69) is 0 Å². The van der Waals surface area contributed by atoms with Crippen LogP contribution in [-0.4, -0.2) is 48.8 Å². The lowest BCUT2D eigenvalue weighted by atomic mass is 9.73. The second kappa shape index (κ2) is 6.29. The Morgan fingerprint density at radius 3 is 1.81 bits per heavy atom. The van der Waals surface area contributed by atoms with Crippen molar-refractivity contribution in [1.82, 2.24) is 0 Å². The molecule has 1 N–H and O–H groups in total. The van der Waals surface area contributed by atoms with Gasteiger partial charge in [-0.15, -0.1) is 0 Å². The van der Waals surface area contributed by atoms with E-state index >= 15 is 0 Å². The van der Waals surface area contributed by atoms with Crippen molar-refractivity contribution >= 4 is 11.9 Å². The molecule has 0 amide bonds. The van der Waals surface area contributed by atoms with E-state index in [4.69, 9.17) is 18.9 Å². The minimum atomic E-state index is -2.02. The molecule has 0 bridgehead atoms. The number of esters is 2. The van der Waals surface area contributed by atoms with E-state index in [1.165, 1.54) is 14.2 Å². The molecule has 0 unspecified atom stereocenters. The zero-order chi connectivity index (χ0) is 20.2. The minimum Gasteiger partial charge on any atom is -0.468 e. The van der Waals surface area contributed by atoms with Gasteiger partial charge in [0.25, 0.3) is 0 Å². The standard InChI is InChI=1S/C20H26O7/c1-18(2)19(3,4)27-15(26-18)13-11-9-7-8-10-12(11)14(21)20(13,16(22)24-5)17(23)25-6/h7-10,13-15,21H,1-6H3/t13-,14+/m0/s1. The highest BCUT2D eigenvalue weighted by atomic mass is 16.7. The maximum Gasteiger partial charge on any atom is 0.327 e. The van der Waals surface area contributed by atoms with Gasteiger partial charge in [-0.3, -0.25) is 9.59 Å². The van der Waals surface area contributed by atoms with Gasteiger partial charge in [-0.2, -0.15) is 0 Å². The van der Waals surface area contributed by atoms with Crippen molar-refractivity contribution in [3.05, 3.63) is 35.4 Å². The summed E-state index contributed by atoms with van der Waals surface area (Å²) >= 11 is 0. The average Bonchev–Trinajstić information content (AvgIpc) is 3.01. The average molecular weight is 378 g/mol. The van der Waals surface area contributed by atoms with E-state index in [9.17, 15) is 14.7 Å². The van der Waals surface area contributed by atoms with E-state index < -0.39 is 46.9 Å². The van der Waals surface area contributed by atoms with Gasteiger partial charge in [-0.25, -0.2) is 0 Å². The number of methoxy groups -OCH3 is 2. The minimum absolute atomic E-state index is 0.452. The number of rotatable bonds is 3. The molecule has 2 aliphatic rings. The number of carbonyl (C=O) groups is 2. The molecule has 2 atom stereocenters. The first-order valence-corrected chi connectivity index (χ1v) is 8.84. The summed E-state index contributed by atoms with van der Waals surface area (Å²) < 4.78 is 22.2. The fourth-order valence-corrected chi connectivity index (χ4v) is 3.99. The summed E-state index contributed by atoms with van der Waals surface area (Å²) in [6, 6.07) is 6.93. The summed E-state index contributed by atoms with van der Waals surface area (Å²) in [4.78, 5) is 25.8. The van der Waals surface area contributed by atoms with Gasteiger partial charge < -0.3 is 24.1 Å². The van der Waals surface area contributed by atoms with Gasteiger partial charge >= 0.3 is 11.9 Å². The molecular formula is C20H26O7. The first kappa shape index (κ1) is 19.8. The molecule has 7 nitrogen and oxygen atoms in total. The summed E-state index contributed by atoms with van der Waals surface area (Å²) in [5, 5.41) is 11.1. The van der Waals surface area contributed by atoms with E-state index in [0.717, 1.165) is 0 Å². The van der Waals surface area contributed by atoms with Crippen LogP contribution in [0.15, 0.2) is 24.3 Å². The Hall–Kier alpha value is -1.96. The van der Waals surface area contributed by atoms with Gasteiger partial charge in [0.1, 0.15) is 6.10 Å². The van der Waals surface area contributed by atoms with Crippen molar-refractivity contribution in [1.29, 1.82) is 0 Å². The zero-order valence-electron chi connectivity index (χ0n) is 16.4. The topological polar surface area (TPSA) is 91.3 Å². The Labute approximate surface area is 158 Å². The number of ether oxygens (including phenoxy) is 4. The monoisotopic (exact) mass is 378 g/mol. The van der Waals surface area contributed by atoms with Crippen molar-refractivity contribution < 1.29 is 33.6 Å². The Kier molecular flexibility index (Phi) is 4.61. The number of benzene rings is 1. The van der Waals surface area contributed by atoms with Crippen molar-refractivity contribution in [3.63, 3.8) is 0 Å². The molecule has 1 aliphatic heterocycles. The van der Waals surface area contributed by atoms with Crippen LogP contribution in [0, 0.1) is 5.41 Å². The molecule has 0 saturated carbocycles. The molecule has 1 heterocycles. The molecule has 148 valence electrons. The number of aliphatic hydroxyl groups is 1. The van der Waals surface area contributed by atoms with Crippen LogP contribution in [-0.2, 0) is 28.5 Å². The number of hydrogen-bond acceptors (Lipinski definition) is 7. The normalized spacial score (nSPS) is 27.8. The second-order valence-corrected chi connectivity index (χ2v) is 7.99. The SMILES string of the molecule is COC(=O)C1(C(=O)OC)[C@H](O)c2ccccc2[C@H]1C1OC(C)(C)C(C)(C)O1. The van der Waals surface area contributed by atoms with Gasteiger partial charge in [0, 0.05) is 0 Å². The van der Waals surface area contributed by atoms with Gasteiger partial charge in [0.15, 0.2) is 6.29 Å². The molecular weight excluding hydrogens is 352 g/mol. The Bertz CT molecular complexity index is 735. The first-order valence-electron chi connectivity index (χ1n) is 8.84. The Morgan fingerprint density at radius 2 is 1.37 bits per heavy atom. The summed E-state index contributed by atoms with van der Waals surface area (Å²) in [5.74, 6) is -2.71. The molecule has 1 aliphatic carbocycles. The summed E-state index contributed by atoms with van der Waals surface area (Å²) in [6.07, 6.45) is -2.40. The van der Waals surface area contributed by atoms with Crippen LogP contribution in [0.2, 0.25) is 0 Å². The molecule has 3 rings (SSSR count). The Balaban J connectivity index is 2.23. The van der Waals surface area contributed by atoms with Crippen LogP contribution in [0.5, 0.6) is 0 Å². The molecule has 7 heteroatoms. The smallest absolute Gasteiger partial charge is 0.327 e. The zero-order valence-corrected chi connectivity index (χ0v) is 16.4. The van der Waals surface area contributed by atoms with E-state index in [1.807, 2.05) is 27.7 Å². The summed E-state index contributed by atoms with van der Waals surface area (Å²) in [7, 11) is 2.34. The van der Waals surface area contributed by atoms with Crippen molar-refractivity contribution in [3.8, 4) is 0 Å². The maximum absolute atomic E-state index is 12.9. The molecule has 1 aromatic carbocycles. The lowest BCUT2D eigenvalue weighted by molar-refractivity contribution is -0.194. The molecule has 27 heavy (non-hydrogen) atoms. The van der Waals surface area contributed by atoms with Crippen LogP contribution in [0.1, 0.15) is 50.8 Å². The molecule has 1 saturated heterocycles. The van der Waals surface area contributed by atoms with Gasteiger partial charge in [0.2, 0.25) is 5.41 Å². The third kappa shape index (κ3) is 2.52. The Morgan fingerprint density at radius 1 is 0.926 bits per heavy atom. The first-order chi connectivity index (χ1) is 12.5. The predicted octanol–water partition coefficient (Wildman–Crippen LogP) is 2.08. The largest absolute Gasteiger partial charge is 0.468 e. The highest BCUT2D eigenvalue weighted by Crippen LogP contribution is 2.60. The van der Waals surface area contributed by atoms with Gasteiger partial charge in [-0.05, 0) is 38.8 Å². The number of fused-ring (bicyclic) bond motifs is 1. The highest BCUT2D eigenvalue weighted by Gasteiger charge is 2.70. The summed E-state index contributed by atoms with van der Waals surface area (Å²) in [5.41, 5.74) is -2.34. The highest BCUT2D eigenvalue weighted by molar-refractivity contribution is 6.03. The fourth-order valence-electron chi connectivity index (χ4n) is 3.99. The molecule has 1 fully saturated rings.